The summed E-state index contributed by atoms with van der Waals surface area (Å²) in [6.45, 7) is 1.08. The predicted octanol–water partition coefficient (Wildman–Crippen LogP) is -2.73. The van der Waals surface area contributed by atoms with E-state index >= 15 is 0 Å². The van der Waals surface area contributed by atoms with Crippen molar-refractivity contribution >= 4 is 145 Å². The molecule has 0 heterocycles. The van der Waals surface area contributed by atoms with Gasteiger partial charge in [-0.1, -0.05) is 0 Å². The van der Waals surface area contributed by atoms with Gasteiger partial charge in [0.2, 0.25) is 0 Å². The number of rotatable bonds is 0. The number of carboxylic acids is 1. The van der Waals surface area contributed by atoms with E-state index in [2.05, 4.69) is 0 Å². The van der Waals surface area contributed by atoms with E-state index in [0.29, 0.717) is 0 Å². The molecule has 0 aromatic heterocycles. The van der Waals surface area contributed by atoms with Crippen LogP contribution >= 0.6 is 12.4 Å². The summed E-state index contributed by atoms with van der Waals surface area (Å²) >= 11 is 0. The van der Waals surface area contributed by atoms with Crippen molar-refractivity contribution < 1.29 is 9.90 Å². The zero-order valence-electron chi connectivity index (χ0n) is 2.76. The first-order chi connectivity index (χ1) is 1.73. The van der Waals surface area contributed by atoms with Crippen LogP contribution in [0.5, 0.6) is 0 Å². The second-order valence-corrected chi connectivity index (χ2v) is 0.519. The van der Waals surface area contributed by atoms with Crippen LogP contribution < -0.4 is 0 Å². The molecular formula is C2H10ClLi2Na3O2. The van der Waals surface area contributed by atoms with Crippen LogP contribution in [-0.4, -0.2) is 137 Å². The van der Waals surface area contributed by atoms with Crippen molar-refractivity contribution in [2.45, 2.75) is 6.92 Å². The molecule has 0 unspecified atom stereocenters. The van der Waals surface area contributed by atoms with E-state index in [1.54, 1.807) is 0 Å². The number of hydrogen-bond acceptors (Lipinski definition) is 1. The minimum absolute atomic E-state index is 0. The first-order valence-corrected chi connectivity index (χ1v) is 0.928. The zero-order chi connectivity index (χ0) is 3.58. The zero-order valence-corrected chi connectivity index (χ0v) is 3.58. The summed E-state index contributed by atoms with van der Waals surface area (Å²) in [7, 11) is 0. The molecular weight excluding hydrogens is 174 g/mol. The normalized spacial score (nSPS) is 2.50. The second kappa shape index (κ2) is 38.3. The molecule has 0 aromatic carbocycles. The molecule has 0 radical (unpaired) electrons. The van der Waals surface area contributed by atoms with Crippen molar-refractivity contribution in [3.63, 3.8) is 0 Å². The monoisotopic (exact) mass is 184 g/mol. The number of carbonyl (C=O) groups is 1. The first kappa shape index (κ1) is 48.4. The van der Waals surface area contributed by atoms with Crippen molar-refractivity contribution in [3.05, 3.63) is 0 Å². The molecule has 0 aliphatic heterocycles. The predicted molar refractivity (Wildman–Crippen MR) is 56.3 cm³/mol. The van der Waals surface area contributed by atoms with Crippen molar-refractivity contribution in [1.29, 1.82) is 0 Å². The van der Waals surface area contributed by atoms with E-state index < -0.39 is 5.97 Å². The van der Waals surface area contributed by atoms with E-state index in [1.807, 2.05) is 0 Å². The molecule has 0 saturated carbocycles. The van der Waals surface area contributed by atoms with E-state index in [4.69, 9.17) is 9.90 Å². The molecule has 2 nitrogen and oxygen atoms in total. The van der Waals surface area contributed by atoms with Crippen molar-refractivity contribution in [1.82, 2.24) is 0 Å². The SMILES string of the molecule is CC(=O)O.Cl.[LiH].[LiH].[NaH].[NaH].[NaH]. The molecule has 1 N–H and O–H groups in total. The summed E-state index contributed by atoms with van der Waals surface area (Å²) in [5.74, 6) is -0.833. The summed E-state index contributed by atoms with van der Waals surface area (Å²) in [6, 6.07) is 0. The van der Waals surface area contributed by atoms with Gasteiger partial charge in [-0.15, -0.1) is 12.4 Å². The first-order valence-electron chi connectivity index (χ1n) is 0.928. The molecule has 0 atom stereocenters. The average molecular weight is 184 g/mol. The van der Waals surface area contributed by atoms with Crippen LogP contribution in [-0.2, 0) is 4.79 Å². The molecule has 0 amide bonds. The quantitative estimate of drug-likeness (QED) is 0.415. The Labute approximate surface area is 158 Å². The minimum atomic E-state index is -0.833. The summed E-state index contributed by atoms with van der Waals surface area (Å²) < 4.78 is 0. The fourth-order valence-corrected chi connectivity index (χ4v) is 0. The van der Waals surface area contributed by atoms with Gasteiger partial charge in [-0.3, -0.25) is 4.79 Å². The van der Waals surface area contributed by atoms with Gasteiger partial charge >= 0.3 is 126 Å². The summed E-state index contributed by atoms with van der Waals surface area (Å²) in [5, 5.41) is 7.42. The van der Waals surface area contributed by atoms with Gasteiger partial charge in [0, 0.05) is 6.92 Å². The molecule has 0 aliphatic rings. The van der Waals surface area contributed by atoms with Crippen LogP contribution in [0.25, 0.3) is 0 Å². The van der Waals surface area contributed by atoms with Gasteiger partial charge in [0.15, 0.2) is 0 Å². The number of carboxylic acid groups (broad SMARTS) is 1. The van der Waals surface area contributed by atoms with Gasteiger partial charge in [-0.2, -0.15) is 0 Å². The number of hydrogen-bond donors (Lipinski definition) is 1. The Morgan fingerprint density at radius 1 is 1.10 bits per heavy atom. The molecule has 8 heteroatoms. The van der Waals surface area contributed by atoms with Gasteiger partial charge in [0.05, 0.1) is 0 Å². The molecule has 0 fully saturated rings. The fraction of sp³-hybridized carbons (Fsp3) is 0.500. The molecule has 10 heavy (non-hydrogen) atoms. The van der Waals surface area contributed by atoms with E-state index in [1.165, 1.54) is 0 Å². The van der Waals surface area contributed by atoms with Crippen LogP contribution in [0.1, 0.15) is 6.92 Å². The van der Waals surface area contributed by atoms with Crippen molar-refractivity contribution in [2.24, 2.45) is 0 Å². The third-order valence-corrected chi connectivity index (χ3v) is 0. The van der Waals surface area contributed by atoms with Crippen molar-refractivity contribution in [2.75, 3.05) is 0 Å². The standard InChI is InChI=1S/C2H4O2.ClH.2Li.3Na.5H/c1-2(3)4;;;;;;;;;;;/h1H3,(H,3,4);1H;;;;;;;;;;. The molecule has 0 spiro atoms. The molecule has 0 rings (SSSR count). The van der Waals surface area contributed by atoms with Gasteiger partial charge < -0.3 is 5.11 Å². The Bertz CT molecular complexity index is 45.5. The Hall–Kier alpha value is 3.95. The molecule has 42 valence electrons. The van der Waals surface area contributed by atoms with Crippen LogP contribution in [0.2, 0.25) is 0 Å². The van der Waals surface area contributed by atoms with Crippen LogP contribution in [0.4, 0.5) is 0 Å². The van der Waals surface area contributed by atoms with Crippen LogP contribution in [0.15, 0.2) is 0 Å². The van der Waals surface area contributed by atoms with Crippen molar-refractivity contribution in [3.8, 4) is 0 Å². The Morgan fingerprint density at radius 3 is 1.10 bits per heavy atom. The maximum absolute atomic E-state index is 9.00. The Balaban J connectivity index is -0.00000000300. The number of aliphatic carboxylic acids is 1. The topological polar surface area (TPSA) is 37.3 Å². The van der Waals surface area contributed by atoms with Crippen LogP contribution in [0, 0.1) is 0 Å². The van der Waals surface area contributed by atoms with Gasteiger partial charge in [0.1, 0.15) is 0 Å². The van der Waals surface area contributed by atoms with Gasteiger partial charge in [-0.05, 0) is 0 Å². The third-order valence-electron chi connectivity index (χ3n) is 0. The molecule has 0 aromatic rings. The number of halogens is 1. The average Bonchev–Trinajstić information content (AvgIpc) is 0.811. The second-order valence-electron chi connectivity index (χ2n) is 0.519. The Morgan fingerprint density at radius 2 is 1.10 bits per heavy atom. The fourth-order valence-electron chi connectivity index (χ4n) is 0. The van der Waals surface area contributed by atoms with Gasteiger partial charge in [0.25, 0.3) is 5.97 Å². The summed E-state index contributed by atoms with van der Waals surface area (Å²) in [5.41, 5.74) is 0. The maximum atomic E-state index is 9.00. The van der Waals surface area contributed by atoms with Crippen LogP contribution in [0.3, 0.4) is 0 Å². The van der Waals surface area contributed by atoms with Gasteiger partial charge in [-0.25, -0.2) is 0 Å². The van der Waals surface area contributed by atoms with E-state index in [0.717, 1.165) is 6.92 Å². The molecule has 0 saturated heterocycles. The summed E-state index contributed by atoms with van der Waals surface area (Å²) in [4.78, 5) is 9.00. The molecule has 0 bridgehead atoms. The van der Waals surface area contributed by atoms with E-state index in [-0.39, 0.29) is 139 Å². The van der Waals surface area contributed by atoms with E-state index in [9.17, 15) is 0 Å². The summed E-state index contributed by atoms with van der Waals surface area (Å²) in [6.07, 6.45) is 0. The Kier molecular flexibility index (Phi) is 185. The molecule has 0 aliphatic carbocycles. The third kappa shape index (κ3) is 91.7.